The number of carboxylic acid groups (broad SMARTS) is 1. The van der Waals surface area contributed by atoms with Crippen LogP contribution < -0.4 is 10.1 Å². The van der Waals surface area contributed by atoms with Gasteiger partial charge in [-0.25, -0.2) is 4.79 Å². The molecule has 0 aromatic heterocycles. The number of carboxylic acids is 1. The molecule has 0 unspecified atom stereocenters. The number of likely N-dealkylation sites (tertiary alicyclic amines) is 1. The molecule has 4 atom stereocenters. The average molecular weight is 429 g/mol. The summed E-state index contributed by atoms with van der Waals surface area (Å²) in [4.78, 5) is 37.6. The third-order valence-corrected chi connectivity index (χ3v) is 7.61. The predicted octanol–water partition coefficient (Wildman–Crippen LogP) is 2.65. The lowest BCUT2D eigenvalue weighted by molar-refractivity contribution is -0.141. The normalized spacial score (nSPS) is 28.1. The molecule has 0 spiro atoms. The van der Waals surface area contributed by atoms with Crippen molar-refractivity contribution in [1.82, 2.24) is 10.2 Å². The number of amides is 1. The monoisotopic (exact) mass is 428 g/mol. The fraction of sp³-hybridized carbons (Fsp3) is 0.625. The Morgan fingerprint density at radius 3 is 2.84 bits per heavy atom. The van der Waals surface area contributed by atoms with Crippen molar-refractivity contribution in [1.29, 1.82) is 0 Å². The van der Waals surface area contributed by atoms with Crippen LogP contribution in [0.15, 0.2) is 18.2 Å². The second kappa shape index (κ2) is 8.61. The number of hydrogen-bond donors (Lipinski definition) is 2. The number of carbonyl (C=O) groups is 3. The number of benzene rings is 1. The van der Waals surface area contributed by atoms with Crippen LogP contribution in [0.1, 0.15) is 63.0 Å². The average Bonchev–Trinajstić information content (AvgIpc) is 2.73. The molecular weight excluding hydrogens is 396 g/mol. The molecule has 7 heteroatoms. The Labute approximate surface area is 183 Å². The molecule has 4 rings (SSSR count). The van der Waals surface area contributed by atoms with Crippen LogP contribution in [0, 0.1) is 5.92 Å². The van der Waals surface area contributed by atoms with Gasteiger partial charge in [0.25, 0.3) is 0 Å². The molecule has 1 aromatic rings. The molecule has 168 valence electrons. The molecule has 0 radical (unpaired) electrons. The number of nitrogens with zero attached hydrogens (tertiary/aromatic N) is 1. The molecule has 3 aliphatic rings. The largest absolute Gasteiger partial charge is 0.481 e. The van der Waals surface area contributed by atoms with E-state index in [4.69, 9.17) is 9.84 Å². The molecule has 7 nitrogen and oxygen atoms in total. The van der Waals surface area contributed by atoms with Crippen LogP contribution in [-0.4, -0.2) is 53.5 Å². The highest BCUT2D eigenvalue weighted by atomic mass is 16.5. The van der Waals surface area contributed by atoms with E-state index in [1.54, 1.807) is 0 Å². The lowest BCUT2D eigenvalue weighted by Gasteiger charge is -2.58. The van der Waals surface area contributed by atoms with Gasteiger partial charge in [-0.2, -0.15) is 0 Å². The second-order valence-electron chi connectivity index (χ2n) is 9.44. The standard InChI is InChI=1S/C24H32N2O5/c1-15(27)25-20(8-9-22(28)29)23(30)31-17-7-6-16-13-21-18-5-3-4-10-24(18,19(16)14-17)11-12-26(21)2/h6-7,14,18,20-21H,3-5,8-13H2,1-2H3,(H,25,27)(H,28,29)/t18-,20+,21+,24+/m1/s1. The summed E-state index contributed by atoms with van der Waals surface area (Å²) in [6, 6.07) is 5.55. The van der Waals surface area contributed by atoms with Gasteiger partial charge in [0, 0.05) is 24.8 Å². The Morgan fingerprint density at radius 1 is 1.29 bits per heavy atom. The molecule has 1 aromatic carbocycles. The van der Waals surface area contributed by atoms with Gasteiger partial charge in [0.05, 0.1) is 0 Å². The summed E-state index contributed by atoms with van der Waals surface area (Å²) in [5, 5.41) is 11.5. The number of nitrogens with one attached hydrogen (secondary N) is 1. The number of fused-ring (bicyclic) bond motifs is 1. The van der Waals surface area contributed by atoms with Gasteiger partial charge in [-0.1, -0.05) is 18.9 Å². The Hall–Kier alpha value is -2.41. The molecule has 2 bridgehead atoms. The van der Waals surface area contributed by atoms with E-state index < -0.39 is 18.0 Å². The lowest BCUT2D eigenvalue weighted by Crippen LogP contribution is -2.59. The molecule has 1 amide bonds. The maximum absolute atomic E-state index is 12.7. The summed E-state index contributed by atoms with van der Waals surface area (Å²) in [5.74, 6) is -0.909. The minimum atomic E-state index is -1.02. The van der Waals surface area contributed by atoms with Crippen LogP contribution in [0.4, 0.5) is 0 Å². The van der Waals surface area contributed by atoms with Gasteiger partial charge >= 0.3 is 11.9 Å². The zero-order valence-electron chi connectivity index (χ0n) is 18.4. The van der Waals surface area contributed by atoms with Crippen LogP contribution in [0.25, 0.3) is 0 Å². The third kappa shape index (κ3) is 4.20. The van der Waals surface area contributed by atoms with Crippen LogP contribution >= 0.6 is 0 Å². The summed E-state index contributed by atoms with van der Waals surface area (Å²) in [7, 11) is 2.24. The van der Waals surface area contributed by atoms with Crippen LogP contribution in [0.5, 0.6) is 5.75 Å². The van der Waals surface area contributed by atoms with E-state index in [0.29, 0.717) is 17.7 Å². The molecule has 2 aliphatic carbocycles. The van der Waals surface area contributed by atoms with Gasteiger partial charge in [0.2, 0.25) is 5.91 Å². The van der Waals surface area contributed by atoms with Crippen molar-refractivity contribution in [3.8, 4) is 5.75 Å². The molecule has 1 aliphatic heterocycles. The number of aliphatic carboxylic acids is 1. The Morgan fingerprint density at radius 2 is 2.10 bits per heavy atom. The van der Waals surface area contributed by atoms with Crippen molar-refractivity contribution in [2.24, 2.45) is 5.92 Å². The first-order valence-electron chi connectivity index (χ1n) is 11.3. The van der Waals surface area contributed by atoms with Gasteiger partial charge in [-0.05, 0) is 74.9 Å². The topological polar surface area (TPSA) is 95.9 Å². The van der Waals surface area contributed by atoms with Gasteiger partial charge < -0.3 is 20.1 Å². The first kappa shape index (κ1) is 21.8. The van der Waals surface area contributed by atoms with Crippen molar-refractivity contribution in [3.63, 3.8) is 0 Å². The number of likely N-dealkylation sites (N-methyl/N-ethyl adjacent to an activating group) is 1. The Balaban J connectivity index is 1.59. The SMILES string of the molecule is CC(=O)N[C@@H](CCC(=O)O)C(=O)Oc1ccc2c(c1)[C@]13CCCC[C@@H]1[C@H](C2)N(C)CC3. The first-order chi connectivity index (χ1) is 14.8. The van der Waals surface area contributed by atoms with E-state index >= 15 is 0 Å². The highest BCUT2D eigenvalue weighted by molar-refractivity contribution is 5.85. The Kier molecular flexibility index (Phi) is 6.06. The molecule has 1 saturated carbocycles. The van der Waals surface area contributed by atoms with E-state index in [2.05, 4.69) is 23.3 Å². The first-order valence-corrected chi connectivity index (χ1v) is 11.3. The zero-order valence-corrected chi connectivity index (χ0v) is 18.4. The number of esters is 1. The molecule has 31 heavy (non-hydrogen) atoms. The van der Waals surface area contributed by atoms with E-state index in [0.717, 1.165) is 19.4 Å². The van der Waals surface area contributed by atoms with Crippen LogP contribution in [0.2, 0.25) is 0 Å². The van der Waals surface area contributed by atoms with Gasteiger partial charge in [0.1, 0.15) is 11.8 Å². The minimum absolute atomic E-state index is 0.00128. The number of piperidine rings is 1. The fourth-order valence-corrected chi connectivity index (χ4v) is 6.19. The fourth-order valence-electron chi connectivity index (χ4n) is 6.19. The molecular formula is C24H32N2O5. The smallest absolute Gasteiger partial charge is 0.334 e. The van der Waals surface area contributed by atoms with E-state index in [1.165, 1.54) is 43.7 Å². The van der Waals surface area contributed by atoms with E-state index in [9.17, 15) is 14.4 Å². The van der Waals surface area contributed by atoms with E-state index in [-0.39, 0.29) is 24.2 Å². The highest BCUT2D eigenvalue weighted by Gasteiger charge is 2.53. The van der Waals surface area contributed by atoms with Crippen molar-refractivity contribution < 1.29 is 24.2 Å². The van der Waals surface area contributed by atoms with E-state index in [1.807, 2.05) is 12.1 Å². The Bertz CT molecular complexity index is 885. The second-order valence-corrected chi connectivity index (χ2v) is 9.44. The molecule has 2 fully saturated rings. The quantitative estimate of drug-likeness (QED) is 0.534. The zero-order chi connectivity index (χ0) is 22.2. The summed E-state index contributed by atoms with van der Waals surface area (Å²) >= 11 is 0. The lowest BCUT2D eigenvalue weighted by atomic mass is 9.52. The van der Waals surface area contributed by atoms with Gasteiger partial charge in [-0.15, -0.1) is 0 Å². The van der Waals surface area contributed by atoms with Crippen LogP contribution in [0.3, 0.4) is 0 Å². The van der Waals surface area contributed by atoms with Gasteiger partial charge in [-0.3, -0.25) is 9.59 Å². The summed E-state index contributed by atoms with van der Waals surface area (Å²) in [5.41, 5.74) is 2.83. The highest BCUT2D eigenvalue weighted by Crippen LogP contribution is 2.55. The van der Waals surface area contributed by atoms with Crippen molar-refractivity contribution in [2.75, 3.05) is 13.6 Å². The summed E-state index contributed by atoms with van der Waals surface area (Å²) < 4.78 is 5.65. The third-order valence-electron chi connectivity index (χ3n) is 7.61. The summed E-state index contributed by atoms with van der Waals surface area (Å²) in [6.45, 7) is 2.39. The minimum Gasteiger partial charge on any atom is -0.481 e. The van der Waals surface area contributed by atoms with Crippen molar-refractivity contribution >= 4 is 17.8 Å². The number of hydrogen-bond acceptors (Lipinski definition) is 5. The maximum Gasteiger partial charge on any atom is 0.334 e. The van der Waals surface area contributed by atoms with Crippen LogP contribution in [-0.2, 0) is 26.2 Å². The molecule has 2 N–H and O–H groups in total. The predicted molar refractivity (Wildman–Crippen MR) is 115 cm³/mol. The number of carbonyl (C=O) groups excluding carboxylic acids is 2. The molecule has 1 saturated heterocycles. The van der Waals surface area contributed by atoms with Gasteiger partial charge in [0.15, 0.2) is 0 Å². The molecule has 1 heterocycles. The maximum atomic E-state index is 12.7. The van der Waals surface area contributed by atoms with Crippen molar-refractivity contribution in [2.45, 2.75) is 75.8 Å². The van der Waals surface area contributed by atoms with Crippen molar-refractivity contribution in [3.05, 3.63) is 29.3 Å². The number of ether oxygens (including phenoxy) is 1. The summed E-state index contributed by atoms with van der Waals surface area (Å²) in [6.07, 6.45) is 6.88. The number of rotatable bonds is 6.